The molecule has 0 aromatic heterocycles. The summed E-state index contributed by atoms with van der Waals surface area (Å²) in [5.41, 5.74) is 6.04. The number of hydrogen-bond acceptors (Lipinski definition) is 3. The second-order valence-corrected chi connectivity index (χ2v) is 6.22. The van der Waals surface area contributed by atoms with Gasteiger partial charge in [-0.25, -0.2) is 10.9 Å². The van der Waals surface area contributed by atoms with Crippen molar-refractivity contribution < 1.29 is 4.57 Å². The molecule has 15 heavy (non-hydrogen) atoms. The Labute approximate surface area is 89.5 Å². The van der Waals surface area contributed by atoms with E-state index >= 15 is 0 Å². The van der Waals surface area contributed by atoms with Crippen molar-refractivity contribution in [3.63, 3.8) is 0 Å². The predicted molar refractivity (Wildman–Crippen MR) is 60.3 cm³/mol. The molecule has 0 radical (unpaired) electrons. The largest absolute Gasteiger partial charge is 0.281 e. The minimum atomic E-state index is -2.70. The van der Waals surface area contributed by atoms with Crippen molar-refractivity contribution in [2.24, 2.45) is 0 Å². The van der Waals surface area contributed by atoms with Crippen molar-refractivity contribution in [1.82, 2.24) is 20.4 Å². The van der Waals surface area contributed by atoms with Gasteiger partial charge in [-0.2, -0.15) is 9.56 Å². The molecule has 1 aromatic rings. The fourth-order valence-electron chi connectivity index (χ4n) is 1.63. The molecule has 0 unspecified atom stereocenters. The zero-order valence-electron chi connectivity index (χ0n) is 8.84. The van der Waals surface area contributed by atoms with E-state index in [4.69, 9.17) is 0 Å². The number of nitrogens with zero attached hydrogens (tertiary/aromatic N) is 2. The Morgan fingerprint density at radius 2 is 1.67 bits per heavy atom. The van der Waals surface area contributed by atoms with E-state index in [0.717, 1.165) is 5.30 Å². The van der Waals surface area contributed by atoms with Gasteiger partial charge in [-0.3, -0.25) is 4.57 Å². The number of rotatable bonds is 1. The first kappa shape index (κ1) is 10.8. The maximum absolute atomic E-state index is 12.8. The van der Waals surface area contributed by atoms with Crippen LogP contribution in [0.15, 0.2) is 30.3 Å². The van der Waals surface area contributed by atoms with Crippen LogP contribution in [-0.4, -0.2) is 30.3 Å². The van der Waals surface area contributed by atoms with E-state index in [1.165, 1.54) is 0 Å². The van der Waals surface area contributed by atoms with Gasteiger partial charge in [0.05, 0.1) is 6.67 Å². The Morgan fingerprint density at radius 3 is 2.20 bits per heavy atom. The van der Waals surface area contributed by atoms with E-state index in [-0.39, 0.29) is 0 Å². The third kappa shape index (κ3) is 1.73. The highest BCUT2D eigenvalue weighted by Gasteiger charge is 2.37. The predicted octanol–water partition coefficient (Wildman–Crippen LogP) is 0.349. The second-order valence-electron chi connectivity index (χ2n) is 3.42. The normalized spacial score (nSPS) is 22.8. The molecule has 0 spiro atoms. The monoisotopic (exact) mass is 226 g/mol. The highest BCUT2D eigenvalue weighted by Crippen LogP contribution is 2.48. The number of benzene rings is 1. The van der Waals surface area contributed by atoms with E-state index in [9.17, 15) is 4.57 Å². The van der Waals surface area contributed by atoms with E-state index in [0.29, 0.717) is 6.67 Å². The molecule has 82 valence electrons. The molecule has 5 nitrogen and oxygen atoms in total. The van der Waals surface area contributed by atoms with Crippen LogP contribution in [-0.2, 0) is 4.57 Å². The van der Waals surface area contributed by atoms with Crippen molar-refractivity contribution in [3.8, 4) is 0 Å². The number of hydrogen-bond donors (Lipinski definition) is 2. The van der Waals surface area contributed by atoms with Gasteiger partial charge in [0.15, 0.2) is 0 Å². The molecule has 1 aliphatic rings. The van der Waals surface area contributed by atoms with Crippen LogP contribution in [0, 0.1) is 0 Å². The van der Waals surface area contributed by atoms with Crippen LogP contribution in [0.5, 0.6) is 0 Å². The average Bonchev–Trinajstić information content (AvgIpc) is 2.27. The summed E-state index contributed by atoms with van der Waals surface area (Å²) >= 11 is 0. The highest BCUT2D eigenvalue weighted by atomic mass is 31.2. The van der Waals surface area contributed by atoms with Gasteiger partial charge in [0, 0.05) is 19.4 Å². The first-order valence-electron chi connectivity index (χ1n) is 4.77. The molecule has 0 amide bonds. The molecular weight excluding hydrogens is 211 g/mol. The fourth-order valence-corrected chi connectivity index (χ4v) is 3.81. The summed E-state index contributed by atoms with van der Waals surface area (Å²) in [6, 6.07) is 9.46. The van der Waals surface area contributed by atoms with E-state index in [1.54, 1.807) is 23.7 Å². The Morgan fingerprint density at radius 1 is 1.13 bits per heavy atom. The number of hydrazine groups is 2. The minimum absolute atomic E-state index is 0.587. The molecule has 1 fully saturated rings. The maximum Gasteiger partial charge on any atom is 0.271 e. The van der Waals surface area contributed by atoms with Crippen LogP contribution in [0.2, 0.25) is 0 Å². The van der Waals surface area contributed by atoms with Gasteiger partial charge in [0.1, 0.15) is 0 Å². The summed E-state index contributed by atoms with van der Waals surface area (Å²) in [4.78, 5) is 0. The van der Waals surface area contributed by atoms with E-state index in [2.05, 4.69) is 10.9 Å². The molecule has 1 heterocycles. The van der Waals surface area contributed by atoms with Gasteiger partial charge in [-0.15, -0.1) is 0 Å². The van der Waals surface area contributed by atoms with Gasteiger partial charge >= 0.3 is 0 Å². The van der Waals surface area contributed by atoms with Crippen LogP contribution in [0.25, 0.3) is 0 Å². The van der Waals surface area contributed by atoms with Crippen LogP contribution >= 0.6 is 7.44 Å². The van der Waals surface area contributed by atoms with Crippen LogP contribution in [0.4, 0.5) is 0 Å². The Bertz CT molecular complexity index is 369. The molecule has 0 bridgehead atoms. The maximum atomic E-state index is 12.8. The summed E-state index contributed by atoms with van der Waals surface area (Å²) < 4.78 is 16.2. The zero-order valence-corrected chi connectivity index (χ0v) is 9.74. The Kier molecular flexibility index (Phi) is 2.91. The molecule has 1 aliphatic heterocycles. The standard InChI is InChI=1S/C9H15N4OP/c1-12-10-8-11-13(2)15(12,14)9-6-4-3-5-7-9/h3-7,10-11H,8H2,1-2H3. The molecule has 1 aromatic carbocycles. The van der Waals surface area contributed by atoms with Crippen LogP contribution in [0.1, 0.15) is 0 Å². The molecule has 1 saturated heterocycles. The lowest BCUT2D eigenvalue weighted by Crippen LogP contribution is -2.55. The minimum Gasteiger partial charge on any atom is -0.281 e. The third-order valence-electron chi connectivity index (χ3n) is 2.52. The molecule has 0 saturated carbocycles. The summed E-state index contributed by atoms with van der Waals surface area (Å²) in [7, 11) is 0.890. The van der Waals surface area contributed by atoms with Crippen molar-refractivity contribution in [3.05, 3.63) is 30.3 Å². The molecule has 2 N–H and O–H groups in total. The lowest BCUT2D eigenvalue weighted by molar-refractivity contribution is 0.217. The fraction of sp³-hybridized carbons (Fsp3) is 0.333. The summed E-state index contributed by atoms with van der Waals surface area (Å²) in [5.74, 6) is 0. The van der Waals surface area contributed by atoms with Crippen molar-refractivity contribution in [1.29, 1.82) is 0 Å². The van der Waals surface area contributed by atoms with Gasteiger partial charge in [-0.05, 0) is 12.1 Å². The molecule has 0 atom stereocenters. The Balaban J connectivity index is 2.43. The van der Waals surface area contributed by atoms with E-state index in [1.807, 2.05) is 30.3 Å². The molecule has 2 rings (SSSR count). The lowest BCUT2D eigenvalue weighted by Gasteiger charge is -2.40. The van der Waals surface area contributed by atoms with E-state index < -0.39 is 7.44 Å². The second kappa shape index (κ2) is 4.04. The van der Waals surface area contributed by atoms with Gasteiger partial charge < -0.3 is 0 Å². The summed E-state index contributed by atoms with van der Waals surface area (Å²) in [6.07, 6.45) is 0. The quantitative estimate of drug-likeness (QED) is 0.677. The average molecular weight is 226 g/mol. The lowest BCUT2D eigenvalue weighted by atomic mass is 10.4. The topological polar surface area (TPSA) is 47.6 Å². The third-order valence-corrected chi connectivity index (χ3v) is 5.40. The van der Waals surface area contributed by atoms with Crippen molar-refractivity contribution in [2.45, 2.75) is 0 Å². The molecular formula is C9H15N4OP. The Hall–Kier alpha value is -0.710. The molecule has 0 aliphatic carbocycles. The molecule has 6 heteroatoms. The summed E-state index contributed by atoms with van der Waals surface area (Å²) in [6.45, 7) is 0.587. The van der Waals surface area contributed by atoms with Crippen molar-refractivity contribution in [2.75, 3.05) is 20.8 Å². The smallest absolute Gasteiger partial charge is 0.271 e. The summed E-state index contributed by atoms with van der Waals surface area (Å²) in [5, 5.41) is 0.815. The van der Waals surface area contributed by atoms with Crippen LogP contribution in [0.3, 0.4) is 0 Å². The first-order valence-corrected chi connectivity index (χ1v) is 6.38. The first-order chi connectivity index (χ1) is 7.15. The van der Waals surface area contributed by atoms with Gasteiger partial charge in [0.2, 0.25) is 0 Å². The SMILES string of the molecule is CN1NCNN(C)P1(=O)c1ccccc1. The zero-order chi connectivity index (χ0) is 10.9. The highest BCUT2D eigenvalue weighted by molar-refractivity contribution is 7.66. The van der Waals surface area contributed by atoms with Crippen LogP contribution < -0.4 is 16.2 Å². The van der Waals surface area contributed by atoms with Crippen molar-refractivity contribution >= 4 is 12.7 Å². The van der Waals surface area contributed by atoms with Gasteiger partial charge in [0.25, 0.3) is 7.44 Å². The van der Waals surface area contributed by atoms with Gasteiger partial charge in [-0.1, -0.05) is 18.2 Å². The number of nitrogens with one attached hydrogen (secondary N) is 2.